The molecule has 0 bridgehead atoms. The molecule has 1 aliphatic rings. The lowest BCUT2D eigenvalue weighted by molar-refractivity contribution is -0.152. The lowest BCUT2D eigenvalue weighted by atomic mass is 9.97. The third kappa shape index (κ3) is 6.01. The Labute approximate surface area is 186 Å². The maximum Gasteiger partial charge on any atom is 0.417 e. The molecule has 11 heteroatoms. The number of esters is 1. The summed E-state index contributed by atoms with van der Waals surface area (Å²) in [5.74, 6) is -1.05. The first-order valence-corrected chi connectivity index (χ1v) is 10.1. The number of carbonyl (C=O) groups is 2. The second kappa shape index (κ2) is 9.74. The van der Waals surface area contributed by atoms with Gasteiger partial charge in [-0.1, -0.05) is 29.3 Å². The van der Waals surface area contributed by atoms with Crippen LogP contribution >= 0.6 is 23.2 Å². The summed E-state index contributed by atoms with van der Waals surface area (Å²) in [6.45, 7) is 0.396. The van der Waals surface area contributed by atoms with Gasteiger partial charge in [0, 0.05) is 19.3 Å². The van der Waals surface area contributed by atoms with Gasteiger partial charge in [0.1, 0.15) is 5.82 Å². The van der Waals surface area contributed by atoms with E-state index in [1.165, 1.54) is 6.07 Å². The number of alkyl halides is 3. The van der Waals surface area contributed by atoms with E-state index in [0.29, 0.717) is 37.4 Å². The molecule has 2 aromatic rings. The number of carbonyl (C=O) groups excluding carboxylic acids is 2. The average Bonchev–Trinajstić information content (AvgIpc) is 2.75. The molecule has 1 aromatic carbocycles. The number of rotatable bonds is 5. The molecule has 0 saturated carbocycles. The zero-order valence-electron chi connectivity index (χ0n) is 16.1. The molecule has 0 radical (unpaired) electrons. The van der Waals surface area contributed by atoms with E-state index in [4.69, 9.17) is 27.9 Å². The van der Waals surface area contributed by atoms with Gasteiger partial charge in [0.25, 0.3) is 5.91 Å². The summed E-state index contributed by atoms with van der Waals surface area (Å²) in [7, 11) is 0. The molecule has 1 amide bonds. The molecule has 3 rings (SSSR count). The molecule has 0 atom stereocenters. The Balaban J connectivity index is 1.46. The number of aromatic nitrogens is 1. The minimum Gasteiger partial charge on any atom is -0.455 e. The molecular formula is C20H18Cl2F3N3O3. The largest absolute Gasteiger partial charge is 0.455 e. The van der Waals surface area contributed by atoms with Crippen molar-refractivity contribution < 1.29 is 27.5 Å². The third-order valence-corrected chi connectivity index (χ3v) is 5.62. The molecule has 0 aliphatic carbocycles. The van der Waals surface area contributed by atoms with E-state index >= 15 is 0 Å². The number of hydrogen-bond acceptors (Lipinski definition) is 5. The summed E-state index contributed by atoms with van der Waals surface area (Å²) in [6.07, 6.45) is -2.78. The van der Waals surface area contributed by atoms with Crippen molar-refractivity contribution in [2.24, 2.45) is 5.92 Å². The van der Waals surface area contributed by atoms with E-state index in [2.05, 4.69) is 10.3 Å². The van der Waals surface area contributed by atoms with E-state index in [1.54, 1.807) is 23.1 Å². The van der Waals surface area contributed by atoms with Crippen LogP contribution in [-0.2, 0) is 20.5 Å². The summed E-state index contributed by atoms with van der Waals surface area (Å²) in [5.41, 5.74) is -0.500. The lowest BCUT2D eigenvalue weighted by Crippen LogP contribution is -2.38. The smallest absolute Gasteiger partial charge is 0.417 e. The molecule has 1 N–H and O–H groups in total. The Morgan fingerprint density at radius 3 is 2.48 bits per heavy atom. The quantitative estimate of drug-likeness (QED) is 0.628. The van der Waals surface area contributed by atoms with Crippen LogP contribution in [0.1, 0.15) is 18.4 Å². The van der Waals surface area contributed by atoms with E-state index < -0.39 is 36.1 Å². The van der Waals surface area contributed by atoms with Crippen molar-refractivity contribution in [3.05, 3.63) is 52.1 Å². The Bertz CT molecular complexity index is 947. The molecule has 2 heterocycles. The van der Waals surface area contributed by atoms with Gasteiger partial charge in [0.05, 0.1) is 27.2 Å². The highest BCUT2D eigenvalue weighted by Crippen LogP contribution is 2.31. The fraction of sp³-hybridized carbons (Fsp3) is 0.350. The molecular weight excluding hydrogens is 458 g/mol. The molecule has 166 valence electrons. The van der Waals surface area contributed by atoms with E-state index in [1.807, 2.05) is 0 Å². The number of halogens is 5. The number of piperidine rings is 1. The molecule has 0 spiro atoms. The van der Waals surface area contributed by atoms with Crippen molar-refractivity contribution in [3.8, 4) is 0 Å². The van der Waals surface area contributed by atoms with Gasteiger partial charge in [-0.05, 0) is 37.1 Å². The number of hydrogen-bond donors (Lipinski definition) is 1. The predicted molar refractivity (Wildman–Crippen MR) is 110 cm³/mol. The number of benzene rings is 1. The summed E-state index contributed by atoms with van der Waals surface area (Å²) in [6, 6.07) is 7.06. The van der Waals surface area contributed by atoms with Crippen LogP contribution in [0.5, 0.6) is 0 Å². The molecule has 1 saturated heterocycles. The molecule has 1 aliphatic heterocycles. The van der Waals surface area contributed by atoms with Crippen molar-refractivity contribution in [2.45, 2.75) is 19.0 Å². The van der Waals surface area contributed by atoms with E-state index in [0.717, 1.165) is 12.3 Å². The summed E-state index contributed by atoms with van der Waals surface area (Å²) in [4.78, 5) is 29.9. The summed E-state index contributed by atoms with van der Waals surface area (Å²) < 4.78 is 43.0. The number of amides is 1. The third-order valence-electron chi connectivity index (χ3n) is 4.80. The van der Waals surface area contributed by atoms with Crippen LogP contribution in [0.4, 0.5) is 24.7 Å². The van der Waals surface area contributed by atoms with Gasteiger partial charge in [-0.15, -0.1) is 0 Å². The zero-order valence-corrected chi connectivity index (χ0v) is 17.6. The fourth-order valence-corrected chi connectivity index (χ4v) is 3.47. The molecule has 1 fully saturated rings. The number of anilines is 2. The van der Waals surface area contributed by atoms with Crippen LogP contribution in [0.15, 0.2) is 36.5 Å². The van der Waals surface area contributed by atoms with Gasteiger partial charge in [-0.25, -0.2) is 4.98 Å². The van der Waals surface area contributed by atoms with Gasteiger partial charge in [0.15, 0.2) is 6.61 Å². The average molecular weight is 476 g/mol. The Hall–Kier alpha value is -2.52. The highest BCUT2D eigenvalue weighted by atomic mass is 35.5. The van der Waals surface area contributed by atoms with Crippen LogP contribution in [0.2, 0.25) is 10.0 Å². The maximum atomic E-state index is 12.6. The minimum atomic E-state index is -4.44. The number of nitrogens with zero attached hydrogens (tertiary/aromatic N) is 2. The monoisotopic (exact) mass is 475 g/mol. The second-order valence-corrected chi connectivity index (χ2v) is 7.71. The van der Waals surface area contributed by atoms with Crippen molar-refractivity contribution >= 4 is 46.6 Å². The van der Waals surface area contributed by atoms with E-state index in [9.17, 15) is 22.8 Å². The topological polar surface area (TPSA) is 71.5 Å². The molecule has 6 nitrogen and oxygen atoms in total. The Kier molecular flexibility index (Phi) is 7.27. The highest BCUT2D eigenvalue weighted by molar-refractivity contribution is 6.44. The van der Waals surface area contributed by atoms with Gasteiger partial charge in [-0.2, -0.15) is 13.2 Å². The molecule has 1 aromatic heterocycles. The first-order chi connectivity index (χ1) is 14.6. The van der Waals surface area contributed by atoms with Gasteiger partial charge in [0.2, 0.25) is 0 Å². The first kappa shape index (κ1) is 23.1. The first-order valence-electron chi connectivity index (χ1n) is 9.34. The lowest BCUT2D eigenvalue weighted by Gasteiger charge is -2.31. The Morgan fingerprint density at radius 1 is 1.16 bits per heavy atom. The SMILES string of the molecule is O=C(COC(=O)C1CCN(c2ccc(C(F)(F)F)cn2)CC1)Nc1cccc(Cl)c1Cl. The molecule has 0 unspecified atom stereocenters. The van der Waals surface area contributed by atoms with Gasteiger partial charge < -0.3 is 15.0 Å². The number of pyridine rings is 1. The minimum absolute atomic E-state index is 0.188. The fourth-order valence-electron chi connectivity index (χ4n) is 3.13. The highest BCUT2D eigenvalue weighted by Gasteiger charge is 2.31. The molecule has 31 heavy (non-hydrogen) atoms. The van der Waals surface area contributed by atoms with Crippen LogP contribution in [-0.4, -0.2) is 36.6 Å². The van der Waals surface area contributed by atoms with Crippen molar-refractivity contribution in [1.29, 1.82) is 0 Å². The van der Waals surface area contributed by atoms with Gasteiger partial charge in [-0.3, -0.25) is 9.59 Å². The van der Waals surface area contributed by atoms with Crippen LogP contribution in [0.3, 0.4) is 0 Å². The summed E-state index contributed by atoms with van der Waals surface area (Å²) >= 11 is 11.9. The van der Waals surface area contributed by atoms with Crippen molar-refractivity contribution in [3.63, 3.8) is 0 Å². The predicted octanol–water partition coefficient (Wildman–Crippen LogP) is 4.81. The van der Waals surface area contributed by atoms with Crippen LogP contribution in [0, 0.1) is 5.92 Å². The Morgan fingerprint density at radius 2 is 1.87 bits per heavy atom. The number of nitrogens with one attached hydrogen (secondary N) is 1. The van der Waals surface area contributed by atoms with Crippen molar-refractivity contribution in [2.75, 3.05) is 29.9 Å². The normalized spacial score (nSPS) is 14.9. The zero-order chi connectivity index (χ0) is 22.6. The van der Waals surface area contributed by atoms with Crippen LogP contribution in [0.25, 0.3) is 0 Å². The maximum absolute atomic E-state index is 12.6. The van der Waals surface area contributed by atoms with Gasteiger partial charge >= 0.3 is 12.1 Å². The van der Waals surface area contributed by atoms with Crippen molar-refractivity contribution in [1.82, 2.24) is 4.98 Å². The van der Waals surface area contributed by atoms with Crippen LogP contribution < -0.4 is 10.2 Å². The summed E-state index contributed by atoms with van der Waals surface area (Å²) in [5, 5.41) is 3.00. The van der Waals surface area contributed by atoms with E-state index in [-0.39, 0.29) is 10.0 Å². The second-order valence-electron chi connectivity index (χ2n) is 6.92. The standard InChI is InChI=1S/C20H18Cl2F3N3O3/c21-14-2-1-3-15(18(14)22)27-17(29)11-31-19(30)12-6-8-28(9-7-12)16-5-4-13(10-26-16)20(23,24)25/h1-5,10,12H,6-9,11H2,(H,27,29). The number of ether oxygens (including phenoxy) is 1.